The molecule has 1 aromatic carbocycles. The first-order valence-electron chi connectivity index (χ1n) is 3.64. The highest BCUT2D eigenvalue weighted by Crippen LogP contribution is 2.32. The molecule has 0 aliphatic rings. The van der Waals surface area contributed by atoms with Crippen LogP contribution in [-0.2, 0) is 14.4 Å². The van der Waals surface area contributed by atoms with Crippen molar-refractivity contribution >= 4 is 51.6 Å². The summed E-state index contributed by atoms with van der Waals surface area (Å²) in [4.78, 5) is -0.0555. The average molecular weight is 373 g/mol. The van der Waals surface area contributed by atoms with Gasteiger partial charge in [-0.25, -0.2) is 8.42 Å². The third-order valence-corrected chi connectivity index (χ3v) is 4.79. The van der Waals surface area contributed by atoms with E-state index in [0.717, 1.165) is 0 Å². The molecule has 0 fully saturated rings. The third-order valence-electron chi connectivity index (χ3n) is 1.69. The summed E-state index contributed by atoms with van der Waals surface area (Å²) in [5, 5.41) is 9.09. The molecule has 0 aromatic heterocycles. The van der Waals surface area contributed by atoms with Gasteiger partial charge in [-0.1, -0.05) is 22.0 Å². The van der Waals surface area contributed by atoms with Crippen LogP contribution in [-0.4, -0.2) is 8.42 Å². The lowest BCUT2D eigenvalue weighted by molar-refractivity contribution is 0.608. The van der Waals surface area contributed by atoms with Crippen LogP contribution >= 0.6 is 42.5 Å². The fourth-order valence-electron chi connectivity index (χ4n) is 1.05. The Hall–Kier alpha value is -0.0900. The van der Waals surface area contributed by atoms with Crippen LogP contribution in [0.1, 0.15) is 11.1 Å². The number of nitriles is 1. The normalized spacial score (nSPS) is 11.1. The highest BCUT2D eigenvalue weighted by Gasteiger charge is 2.21. The Morgan fingerprint density at radius 1 is 1.47 bits per heavy atom. The standard InChI is InChI=1S/C8H4Br2ClNO2S/c9-3-5-1-2-6(4-12)7(10)8(5)15(11,13)14/h1-2H,3H2. The van der Waals surface area contributed by atoms with Gasteiger partial charge in [0.05, 0.1) is 10.0 Å². The molecule has 0 amide bonds. The maximum absolute atomic E-state index is 11.3. The molecular formula is C8H4Br2ClNO2S. The van der Waals surface area contributed by atoms with Crippen molar-refractivity contribution < 1.29 is 8.42 Å². The van der Waals surface area contributed by atoms with Gasteiger partial charge in [0.2, 0.25) is 0 Å². The molecule has 1 aromatic rings. The van der Waals surface area contributed by atoms with Gasteiger partial charge in [-0.05, 0) is 27.6 Å². The topological polar surface area (TPSA) is 57.9 Å². The van der Waals surface area contributed by atoms with Crippen LogP contribution in [0.15, 0.2) is 21.5 Å². The number of hydrogen-bond donors (Lipinski definition) is 0. The molecule has 0 bridgehead atoms. The number of benzene rings is 1. The number of alkyl halides is 1. The molecule has 0 N–H and O–H groups in total. The molecule has 0 radical (unpaired) electrons. The summed E-state index contributed by atoms with van der Waals surface area (Å²) in [5.41, 5.74) is 0.745. The first kappa shape index (κ1) is 13.0. The van der Waals surface area contributed by atoms with E-state index in [1.54, 1.807) is 6.07 Å². The summed E-state index contributed by atoms with van der Waals surface area (Å²) in [6, 6.07) is 4.96. The summed E-state index contributed by atoms with van der Waals surface area (Å²) in [6.07, 6.45) is 0. The van der Waals surface area contributed by atoms with Gasteiger partial charge in [-0.3, -0.25) is 0 Å². The Morgan fingerprint density at radius 3 is 2.47 bits per heavy atom. The van der Waals surface area contributed by atoms with Crippen molar-refractivity contribution in [2.24, 2.45) is 0 Å². The lowest BCUT2D eigenvalue weighted by atomic mass is 10.2. The van der Waals surface area contributed by atoms with Gasteiger partial charge in [0.15, 0.2) is 0 Å². The quantitative estimate of drug-likeness (QED) is 0.591. The number of nitrogens with zero attached hydrogens (tertiary/aromatic N) is 1. The molecule has 3 nitrogen and oxygen atoms in total. The second-order valence-corrected chi connectivity index (χ2v) is 6.46. The SMILES string of the molecule is N#Cc1ccc(CBr)c(S(=O)(=O)Cl)c1Br. The van der Waals surface area contributed by atoms with Gasteiger partial charge in [0.25, 0.3) is 9.05 Å². The molecule has 0 atom stereocenters. The van der Waals surface area contributed by atoms with Gasteiger partial charge in [-0.15, -0.1) is 0 Å². The third kappa shape index (κ3) is 2.72. The first-order chi connectivity index (χ1) is 6.91. The molecule has 0 saturated heterocycles. The first-order valence-corrected chi connectivity index (χ1v) is 7.86. The molecule has 0 unspecified atom stereocenters. The lowest BCUT2D eigenvalue weighted by Crippen LogP contribution is -1.99. The van der Waals surface area contributed by atoms with Gasteiger partial charge >= 0.3 is 0 Å². The fraction of sp³-hybridized carbons (Fsp3) is 0.125. The molecule has 7 heteroatoms. The van der Waals surface area contributed by atoms with Crippen molar-refractivity contribution in [3.05, 3.63) is 27.7 Å². The van der Waals surface area contributed by atoms with Crippen LogP contribution in [0.3, 0.4) is 0 Å². The summed E-state index contributed by atoms with van der Waals surface area (Å²) >= 11 is 6.22. The minimum atomic E-state index is -3.86. The van der Waals surface area contributed by atoms with E-state index in [2.05, 4.69) is 31.9 Å². The Balaban J connectivity index is 3.67. The van der Waals surface area contributed by atoms with E-state index in [0.29, 0.717) is 10.9 Å². The van der Waals surface area contributed by atoms with E-state index >= 15 is 0 Å². The zero-order valence-corrected chi connectivity index (χ0v) is 11.9. The molecule has 0 heterocycles. The molecule has 0 saturated carbocycles. The van der Waals surface area contributed by atoms with Crippen molar-refractivity contribution in [1.82, 2.24) is 0 Å². The Labute approximate surface area is 109 Å². The maximum atomic E-state index is 11.3. The van der Waals surface area contributed by atoms with E-state index in [-0.39, 0.29) is 14.9 Å². The van der Waals surface area contributed by atoms with Crippen molar-refractivity contribution in [2.45, 2.75) is 10.2 Å². The highest BCUT2D eigenvalue weighted by atomic mass is 79.9. The van der Waals surface area contributed by atoms with E-state index in [4.69, 9.17) is 15.9 Å². The predicted octanol–water partition coefficient (Wildman–Crippen LogP) is 3.14. The number of rotatable bonds is 2. The lowest BCUT2D eigenvalue weighted by Gasteiger charge is -2.07. The largest absolute Gasteiger partial charge is 0.262 e. The van der Waals surface area contributed by atoms with E-state index in [1.165, 1.54) is 6.07 Å². The molecule has 0 spiro atoms. The van der Waals surface area contributed by atoms with Crippen molar-refractivity contribution in [3.8, 4) is 6.07 Å². The van der Waals surface area contributed by atoms with Crippen molar-refractivity contribution in [2.75, 3.05) is 0 Å². The highest BCUT2D eigenvalue weighted by molar-refractivity contribution is 9.10. The van der Waals surface area contributed by atoms with E-state index in [9.17, 15) is 8.42 Å². The zero-order valence-electron chi connectivity index (χ0n) is 7.17. The summed E-state index contributed by atoms with van der Waals surface area (Å²) in [6.45, 7) is 0. The number of halogens is 3. The smallest absolute Gasteiger partial charge is 0.207 e. The summed E-state index contributed by atoms with van der Waals surface area (Å²) in [5.74, 6) is 0. The Kier molecular flexibility index (Phi) is 4.18. The molecule has 1 rings (SSSR count). The van der Waals surface area contributed by atoms with Gasteiger partial charge < -0.3 is 0 Å². The Morgan fingerprint density at radius 2 is 2.07 bits per heavy atom. The molecular weight excluding hydrogens is 369 g/mol. The zero-order chi connectivity index (χ0) is 11.6. The monoisotopic (exact) mass is 371 g/mol. The second-order valence-electron chi connectivity index (χ2n) is 2.60. The maximum Gasteiger partial charge on any atom is 0.262 e. The minimum Gasteiger partial charge on any atom is -0.207 e. The summed E-state index contributed by atoms with van der Waals surface area (Å²) < 4.78 is 22.8. The van der Waals surface area contributed by atoms with Crippen molar-refractivity contribution in [3.63, 3.8) is 0 Å². The Bertz CT molecular complexity index is 536. The van der Waals surface area contributed by atoms with Gasteiger partial charge in [0, 0.05) is 16.0 Å². The van der Waals surface area contributed by atoms with Crippen LogP contribution < -0.4 is 0 Å². The minimum absolute atomic E-state index is 0.0555. The van der Waals surface area contributed by atoms with Crippen LogP contribution in [0.25, 0.3) is 0 Å². The fourth-order valence-corrected chi connectivity index (χ4v) is 4.40. The average Bonchev–Trinajstić information content (AvgIpc) is 2.15. The molecule has 0 aliphatic heterocycles. The number of hydrogen-bond acceptors (Lipinski definition) is 3. The molecule has 15 heavy (non-hydrogen) atoms. The van der Waals surface area contributed by atoms with Gasteiger partial charge in [0.1, 0.15) is 11.0 Å². The van der Waals surface area contributed by atoms with Crippen LogP contribution in [0.4, 0.5) is 0 Å². The van der Waals surface area contributed by atoms with Crippen molar-refractivity contribution in [1.29, 1.82) is 5.26 Å². The summed E-state index contributed by atoms with van der Waals surface area (Å²) in [7, 11) is 1.42. The second kappa shape index (κ2) is 4.83. The van der Waals surface area contributed by atoms with E-state index in [1.807, 2.05) is 6.07 Å². The van der Waals surface area contributed by atoms with Crippen LogP contribution in [0, 0.1) is 11.3 Å². The predicted molar refractivity (Wildman–Crippen MR) is 64.5 cm³/mol. The van der Waals surface area contributed by atoms with Crippen LogP contribution in [0.2, 0.25) is 0 Å². The van der Waals surface area contributed by atoms with Gasteiger partial charge in [-0.2, -0.15) is 5.26 Å². The van der Waals surface area contributed by atoms with E-state index < -0.39 is 9.05 Å². The molecule has 0 aliphatic carbocycles. The molecule has 80 valence electrons. The van der Waals surface area contributed by atoms with Crippen LogP contribution in [0.5, 0.6) is 0 Å².